The summed E-state index contributed by atoms with van der Waals surface area (Å²) in [6.45, 7) is 1.89. The van der Waals surface area contributed by atoms with Crippen LogP contribution in [0, 0.1) is 0 Å². The molecule has 0 unspecified atom stereocenters. The van der Waals surface area contributed by atoms with E-state index in [0.29, 0.717) is 42.8 Å². The average molecular weight is 434 g/mol. The van der Waals surface area contributed by atoms with Gasteiger partial charge in [-0.15, -0.1) is 0 Å². The molecule has 1 aliphatic heterocycles. The molecule has 0 radical (unpaired) electrons. The minimum absolute atomic E-state index is 0.0627. The van der Waals surface area contributed by atoms with Crippen LogP contribution >= 0.6 is 15.9 Å². The number of benzene rings is 1. The van der Waals surface area contributed by atoms with Crippen molar-refractivity contribution >= 4 is 33.7 Å². The van der Waals surface area contributed by atoms with Crippen LogP contribution in [-0.2, 0) is 4.79 Å². The number of nitrogens with one attached hydrogen (secondary N) is 1. The number of hydrogen-bond donors (Lipinski definition) is 1. The first kappa shape index (κ1) is 19.2. The lowest BCUT2D eigenvalue weighted by Crippen LogP contribution is -2.42. The molecule has 142 valence electrons. The van der Waals surface area contributed by atoms with Gasteiger partial charge in [0.15, 0.2) is 10.4 Å². The van der Waals surface area contributed by atoms with Crippen molar-refractivity contribution in [3.05, 3.63) is 58.5 Å². The summed E-state index contributed by atoms with van der Waals surface area (Å²) in [5, 5.41) is 2.65. The fourth-order valence-electron chi connectivity index (χ4n) is 2.91. The predicted molar refractivity (Wildman–Crippen MR) is 102 cm³/mol. The molecular formula is C19H20BrN3O4. The van der Waals surface area contributed by atoms with Gasteiger partial charge in [0.05, 0.1) is 6.54 Å². The highest BCUT2D eigenvalue weighted by atomic mass is 79.9. The van der Waals surface area contributed by atoms with Gasteiger partial charge in [-0.25, -0.2) is 0 Å². The van der Waals surface area contributed by atoms with Gasteiger partial charge in [0.1, 0.15) is 0 Å². The van der Waals surface area contributed by atoms with E-state index in [-0.39, 0.29) is 30.0 Å². The van der Waals surface area contributed by atoms with Crippen molar-refractivity contribution in [3.8, 4) is 0 Å². The molecule has 2 heterocycles. The highest BCUT2D eigenvalue weighted by molar-refractivity contribution is 9.10. The average Bonchev–Trinajstić information content (AvgIpc) is 2.98. The number of hydrogen-bond acceptors (Lipinski definition) is 4. The van der Waals surface area contributed by atoms with Crippen LogP contribution in [0.25, 0.3) is 0 Å². The maximum Gasteiger partial charge on any atom is 0.289 e. The van der Waals surface area contributed by atoms with Crippen molar-refractivity contribution in [3.63, 3.8) is 0 Å². The van der Waals surface area contributed by atoms with Crippen LogP contribution in [0.2, 0.25) is 0 Å². The van der Waals surface area contributed by atoms with E-state index in [9.17, 15) is 14.4 Å². The van der Waals surface area contributed by atoms with Crippen molar-refractivity contribution in [1.29, 1.82) is 0 Å². The third kappa shape index (κ3) is 4.97. The SMILES string of the molecule is O=C(NCC(=O)N1CCCN(C(=O)c2ccc(Br)o2)CC1)c1ccccc1. The first-order chi connectivity index (χ1) is 13.0. The molecule has 1 aromatic carbocycles. The van der Waals surface area contributed by atoms with Gasteiger partial charge in [-0.05, 0) is 46.6 Å². The molecule has 0 aliphatic carbocycles. The Bertz CT molecular complexity index is 821. The summed E-state index contributed by atoms with van der Waals surface area (Å²) in [5.74, 6) is -0.350. The van der Waals surface area contributed by atoms with Crippen LogP contribution < -0.4 is 5.32 Å². The Kier molecular flexibility index (Phi) is 6.28. The number of carbonyl (C=O) groups is 3. The topological polar surface area (TPSA) is 82.9 Å². The molecular weight excluding hydrogens is 414 g/mol. The van der Waals surface area contributed by atoms with Gasteiger partial charge in [0.25, 0.3) is 11.8 Å². The molecule has 1 aliphatic rings. The van der Waals surface area contributed by atoms with Crippen LogP contribution in [0.15, 0.2) is 51.6 Å². The summed E-state index contributed by atoms with van der Waals surface area (Å²) in [4.78, 5) is 40.3. The van der Waals surface area contributed by atoms with Crippen molar-refractivity contribution in [1.82, 2.24) is 15.1 Å². The molecule has 1 aromatic heterocycles. The van der Waals surface area contributed by atoms with Gasteiger partial charge in [-0.2, -0.15) is 0 Å². The summed E-state index contributed by atoms with van der Waals surface area (Å²) >= 11 is 3.19. The summed E-state index contributed by atoms with van der Waals surface area (Å²) in [6, 6.07) is 12.1. The fourth-order valence-corrected chi connectivity index (χ4v) is 3.22. The van der Waals surface area contributed by atoms with Gasteiger partial charge < -0.3 is 19.5 Å². The lowest BCUT2D eigenvalue weighted by atomic mass is 10.2. The third-order valence-electron chi connectivity index (χ3n) is 4.36. The van der Waals surface area contributed by atoms with Crippen LogP contribution in [0.1, 0.15) is 27.3 Å². The van der Waals surface area contributed by atoms with E-state index in [1.165, 1.54) is 0 Å². The molecule has 27 heavy (non-hydrogen) atoms. The second-order valence-corrected chi connectivity index (χ2v) is 6.96. The number of rotatable bonds is 4. The van der Waals surface area contributed by atoms with Gasteiger partial charge in [-0.1, -0.05) is 18.2 Å². The lowest BCUT2D eigenvalue weighted by molar-refractivity contribution is -0.129. The zero-order valence-electron chi connectivity index (χ0n) is 14.7. The number of furan rings is 1. The van der Waals surface area contributed by atoms with E-state index in [0.717, 1.165) is 0 Å². The van der Waals surface area contributed by atoms with Gasteiger partial charge in [-0.3, -0.25) is 14.4 Å². The first-order valence-corrected chi connectivity index (χ1v) is 9.49. The molecule has 2 aromatic rings. The summed E-state index contributed by atoms with van der Waals surface area (Å²) in [7, 11) is 0. The van der Waals surface area contributed by atoms with E-state index >= 15 is 0 Å². The fraction of sp³-hybridized carbons (Fsp3) is 0.316. The lowest BCUT2D eigenvalue weighted by Gasteiger charge is -2.21. The van der Waals surface area contributed by atoms with E-state index in [4.69, 9.17) is 4.42 Å². The molecule has 0 bridgehead atoms. The molecule has 8 heteroatoms. The first-order valence-electron chi connectivity index (χ1n) is 8.70. The molecule has 1 fully saturated rings. The second kappa shape index (κ2) is 8.85. The van der Waals surface area contributed by atoms with Gasteiger partial charge in [0, 0.05) is 31.7 Å². The molecule has 0 saturated carbocycles. The minimum Gasteiger partial charge on any atom is -0.444 e. The quantitative estimate of drug-likeness (QED) is 0.800. The van der Waals surface area contributed by atoms with E-state index in [2.05, 4.69) is 21.2 Å². The monoisotopic (exact) mass is 433 g/mol. The molecule has 7 nitrogen and oxygen atoms in total. The maximum atomic E-state index is 12.5. The molecule has 0 spiro atoms. The van der Waals surface area contributed by atoms with Gasteiger partial charge >= 0.3 is 0 Å². The number of nitrogens with zero attached hydrogens (tertiary/aromatic N) is 2. The number of carbonyl (C=O) groups excluding carboxylic acids is 3. The van der Waals surface area contributed by atoms with Crippen LogP contribution in [0.4, 0.5) is 0 Å². The molecule has 1 saturated heterocycles. The Labute approximate surface area is 165 Å². The van der Waals surface area contributed by atoms with Crippen LogP contribution in [0.5, 0.6) is 0 Å². The van der Waals surface area contributed by atoms with Crippen LogP contribution in [0.3, 0.4) is 0 Å². The summed E-state index contributed by atoms with van der Waals surface area (Å²) in [6.07, 6.45) is 0.673. The zero-order chi connectivity index (χ0) is 19.2. The van der Waals surface area contributed by atoms with Crippen molar-refractivity contribution < 1.29 is 18.8 Å². The smallest absolute Gasteiger partial charge is 0.289 e. The van der Waals surface area contributed by atoms with Crippen molar-refractivity contribution in [2.24, 2.45) is 0 Å². The second-order valence-electron chi connectivity index (χ2n) is 6.18. The summed E-state index contributed by atoms with van der Waals surface area (Å²) < 4.78 is 5.82. The zero-order valence-corrected chi connectivity index (χ0v) is 16.3. The minimum atomic E-state index is -0.279. The Morgan fingerprint density at radius 3 is 2.37 bits per heavy atom. The largest absolute Gasteiger partial charge is 0.444 e. The normalized spacial score (nSPS) is 14.6. The number of amides is 3. The Balaban J connectivity index is 1.50. The molecule has 1 N–H and O–H groups in total. The molecule has 3 rings (SSSR count). The third-order valence-corrected chi connectivity index (χ3v) is 4.78. The highest BCUT2D eigenvalue weighted by Crippen LogP contribution is 2.16. The van der Waals surface area contributed by atoms with Crippen LogP contribution in [-0.4, -0.2) is 60.2 Å². The standard InChI is InChI=1S/C19H20BrN3O4/c20-16-8-7-15(27-16)19(26)23-10-4-9-22(11-12-23)17(24)13-21-18(25)14-5-2-1-3-6-14/h1-3,5-8H,4,9-13H2,(H,21,25). The van der Waals surface area contributed by atoms with Crippen molar-refractivity contribution in [2.45, 2.75) is 6.42 Å². The highest BCUT2D eigenvalue weighted by Gasteiger charge is 2.24. The van der Waals surface area contributed by atoms with E-state index in [1.807, 2.05) is 6.07 Å². The number of halogens is 1. The Morgan fingerprint density at radius 1 is 0.963 bits per heavy atom. The predicted octanol–water partition coefficient (Wildman–Crippen LogP) is 2.15. The molecule has 0 atom stereocenters. The molecule has 3 amide bonds. The van der Waals surface area contributed by atoms with E-state index in [1.54, 1.807) is 46.2 Å². The Morgan fingerprint density at radius 2 is 1.67 bits per heavy atom. The van der Waals surface area contributed by atoms with Crippen molar-refractivity contribution in [2.75, 3.05) is 32.7 Å². The maximum absolute atomic E-state index is 12.5. The Hall–Kier alpha value is -2.61. The van der Waals surface area contributed by atoms with E-state index < -0.39 is 0 Å². The summed E-state index contributed by atoms with van der Waals surface area (Å²) in [5.41, 5.74) is 0.516. The van der Waals surface area contributed by atoms with Gasteiger partial charge in [0.2, 0.25) is 5.91 Å².